The van der Waals surface area contributed by atoms with Crippen LogP contribution in [0.15, 0.2) is 35.2 Å². The molecule has 7 heteroatoms. The Kier molecular flexibility index (Phi) is 3.63. The standard InChI is InChI=1S/C13H14FN3O2S/c1-8-3-6-13(9(2)16-8)17-20(18,19)10-4-5-12(15)11(14)7-10/h3-7,17H,15H2,1-2H3. The SMILES string of the molecule is Cc1ccc(NS(=O)(=O)c2ccc(N)c(F)c2)c(C)n1. The van der Waals surface area contributed by atoms with E-state index in [1.165, 1.54) is 12.1 Å². The number of hydrogen-bond acceptors (Lipinski definition) is 4. The molecule has 1 aromatic heterocycles. The quantitative estimate of drug-likeness (QED) is 0.850. The van der Waals surface area contributed by atoms with Gasteiger partial charge >= 0.3 is 0 Å². The minimum atomic E-state index is -3.87. The molecule has 1 aromatic carbocycles. The zero-order valence-electron chi connectivity index (χ0n) is 11.0. The smallest absolute Gasteiger partial charge is 0.262 e. The zero-order valence-corrected chi connectivity index (χ0v) is 11.8. The van der Waals surface area contributed by atoms with Gasteiger partial charge in [0.15, 0.2) is 0 Å². The van der Waals surface area contributed by atoms with Gasteiger partial charge < -0.3 is 5.73 Å². The van der Waals surface area contributed by atoms with E-state index in [0.29, 0.717) is 11.4 Å². The molecule has 106 valence electrons. The molecule has 0 saturated heterocycles. The molecule has 1 heterocycles. The van der Waals surface area contributed by atoms with Crippen LogP contribution in [0.3, 0.4) is 0 Å². The molecule has 0 aliphatic carbocycles. The number of sulfonamides is 1. The van der Waals surface area contributed by atoms with Crippen LogP contribution in [0.2, 0.25) is 0 Å². The van der Waals surface area contributed by atoms with Crippen molar-refractivity contribution in [2.75, 3.05) is 10.5 Å². The Morgan fingerprint density at radius 3 is 2.50 bits per heavy atom. The monoisotopic (exact) mass is 295 g/mol. The van der Waals surface area contributed by atoms with E-state index >= 15 is 0 Å². The van der Waals surface area contributed by atoms with Gasteiger partial charge in [-0.2, -0.15) is 0 Å². The predicted octanol–water partition coefficient (Wildman–Crippen LogP) is 2.22. The first-order valence-electron chi connectivity index (χ1n) is 5.82. The highest BCUT2D eigenvalue weighted by molar-refractivity contribution is 7.92. The van der Waals surface area contributed by atoms with Gasteiger partial charge in [-0.05, 0) is 44.2 Å². The minimum absolute atomic E-state index is 0.0999. The Hall–Kier alpha value is -2.15. The summed E-state index contributed by atoms with van der Waals surface area (Å²) in [5.74, 6) is -0.772. The lowest BCUT2D eigenvalue weighted by molar-refractivity contribution is 0.596. The van der Waals surface area contributed by atoms with Gasteiger partial charge in [0.2, 0.25) is 0 Å². The molecule has 2 rings (SSSR count). The number of nitrogens with zero attached hydrogens (tertiary/aromatic N) is 1. The average molecular weight is 295 g/mol. The van der Waals surface area contributed by atoms with Crippen molar-refractivity contribution in [2.24, 2.45) is 0 Å². The molecule has 0 fully saturated rings. The maximum atomic E-state index is 13.4. The number of pyridine rings is 1. The van der Waals surface area contributed by atoms with Gasteiger partial charge in [0.1, 0.15) is 5.82 Å². The molecular formula is C13H14FN3O2S. The highest BCUT2D eigenvalue weighted by Crippen LogP contribution is 2.21. The van der Waals surface area contributed by atoms with Crippen LogP contribution in [0.5, 0.6) is 0 Å². The lowest BCUT2D eigenvalue weighted by atomic mass is 10.3. The van der Waals surface area contributed by atoms with Crippen molar-refractivity contribution in [1.29, 1.82) is 0 Å². The first-order chi connectivity index (χ1) is 9.29. The van der Waals surface area contributed by atoms with Crippen molar-refractivity contribution in [2.45, 2.75) is 18.7 Å². The minimum Gasteiger partial charge on any atom is -0.396 e. The Morgan fingerprint density at radius 1 is 1.20 bits per heavy atom. The summed E-state index contributed by atoms with van der Waals surface area (Å²) in [4.78, 5) is 3.97. The van der Waals surface area contributed by atoms with Crippen molar-refractivity contribution in [3.63, 3.8) is 0 Å². The summed E-state index contributed by atoms with van der Waals surface area (Å²) >= 11 is 0. The fourth-order valence-electron chi connectivity index (χ4n) is 1.67. The third kappa shape index (κ3) is 2.88. The Morgan fingerprint density at radius 2 is 1.90 bits per heavy atom. The van der Waals surface area contributed by atoms with E-state index in [1.54, 1.807) is 26.0 Å². The molecule has 0 bridgehead atoms. The summed E-state index contributed by atoms with van der Waals surface area (Å²) in [6.45, 7) is 3.50. The van der Waals surface area contributed by atoms with Gasteiger partial charge in [-0.1, -0.05) is 0 Å². The average Bonchev–Trinajstić information content (AvgIpc) is 2.36. The number of nitrogen functional groups attached to an aromatic ring is 1. The van der Waals surface area contributed by atoms with Crippen LogP contribution in [-0.2, 0) is 10.0 Å². The Bertz CT molecular complexity index is 760. The summed E-state index contributed by atoms with van der Waals surface area (Å²) in [7, 11) is -3.87. The van der Waals surface area contributed by atoms with Crippen molar-refractivity contribution in [3.05, 3.63) is 47.5 Å². The number of rotatable bonds is 3. The first-order valence-corrected chi connectivity index (χ1v) is 7.30. The number of nitrogens with two attached hydrogens (primary N) is 1. The highest BCUT2D eigenvalue weighted by Gasteiger charge is 2.17. The second-order valence-electron chi connectivity index (χ2n) is 4.37. The normalized spacial score (nSPS) is 11.3. The van der Waals surface area contributed by atoms with Gasteiger partial charge in [-0.15, -0.1) is 0 Å². The van der Waals surface area contributed by atoms with Crippen molar-refractivity contribution in [1.82, 2.24) is 4.98 Å². The lowest BCUT2D eigenvalue weighted by Gasteiger charge is -2.11. The van der Waals surface area contributed by atoms with E-state index in [1.807, 2.05) is 0 Å². The second-order valence-corrected chi connectivity index (χ2v) is 6.06. The predicted molar refractivity (Wildman–Crippen MR) is 75.3 cm³/mol. The molecule has 0 aliphatic rings. The summed E-state index contributed by atoms with van der Waals surface area (Å²) in [6.07, 6.45) is 0. The zero-order chi connectivity index (χ0) is 14.9. The molecule has 0 unspecified atom stereocenters. The van der Waals surface area contributed by atoms with E-state index in [9.17, 15) is 12.8 Å². The molecular weight excluding hydrogens is 281 g/mol. The number of halogens is 1. The van der Waals surface area contributed by atoms with E-state index < -0.39 is 15.8 Å². The number of aromatic nitrogens is 1. The molecule has 0 aliphatic heterocycles. The summed E-state index contributed by atoms with van der Waals surface area (Å²) in [6, 6.07) is 6.65. The molecule has 2 aromatic rings. The van der Waals surface area contributed by atoms with Crippen molar-refractivity contribution < 1.29 is 12.8 Å². The first kappa shape index (κ1) is 14.3. The van der Waals surface area contributed by atoms with Crippen molar-refractivity contribution in [3.8, 4) is 0 Å². The van der Waals surface area contributed by atoms with Gasteiger partial charge in [0.25, 0.3) is 10.0 Å². The molecule has 0 saturated carbocycles. The van der Waals surface area contributed by atoms with Crippen LogP contribution >= 0.6 is 0 Å². The number of hydrogen-bond donors (Lipinski definition) is 2. The molecule has 20 heavy (non-hydrogen) atoms. The number of benzene rings is 1. The van der Waals surface area contributed by atoms with E-state index in [4.69, 9.17) is 5.73 Å². The van der Waals surface area contributed by atoms with Crippen LogP contribution < -0.4 is 10.5 Å². The van der Waals surface area contributed by atoms with Gasteiger partial charge in [0, 0.05) is 5.69 Å². The number of anilines is 2. The fraction of sp³-hybridized carbons (Fsp3) is 0.154. The highest BCUT2D eigenvalue weighted by atomic mass is 32.2. The van der Waals surface area contributed by atoms with E-state index in [0.717, 1.165) is 11.8 Å². The van der Waals surface area contributed by atoms with Gasteiger partial charge in [0.05, 0.1) is 22.0 Å². The molecule has 0 spiro atoms. The van der Waals surface area contributed by atoms with E-state index in [-0.39, 0.29) is 10.6 Å². The third-order valence-corrected chi connectivity index (χ3v) is 4.11. The Labute approximate surface area is 116 Å². The lowest BCUT2D eigenvalue weighted by Crippen LogP contribution is -2.14. The maximum absolute atomic E-state index is 13.4. The molecule has 0 atom stereocenters. The maximum Gasteiger partial charge on any atom is 0.262 e. The number of nitrogens with one attached hydrogen (secondary N) is 1. The fourth-order valence-corrected chi connectivity index (χ4v) is 2.80. The molecule has 0 radical (unpaired) electrons. The molecule has 0 amide bonds. The van der Waals surface area contributed by atoms with E-state index in [2.05, 4.69) is 9.71 Å². The van der Waals surface area contributed by atoms with Crippen LogP contribution in [0.25, 0.3) is 0 Å². The van der Waals surface area contributed by atoms with Crippen LogP contribution in [0.1, 0.15) is 11.4 Å². The second kappa shape index (κ2) is 5.09. The van der Waals surface area contributed by atoms with Crippen molar-refractivity contribution >= 4 is 21.4 Å². The third-order valence-electron chi connectivity index (χ3n) is 2.75. The van der Waals surface area contributed by atoms with Crippen LogP contribution in [-0.4, -0.2) is 13.4 Å². The summed E-state index contributed by atoms with van der Waals surface area (Å²) in [5.41, 5.74) is 6.91. The topological polar surface area (TPSA) is 85.1 Å². The summed E-state index contributed by atoms with van der Waals surface area (Å²) < 4.78 is 40.0. The number of aryl methyl sites for hydroxylation is 2. The largest absolute Gasteiger partial charge is 0.396 e. The van der Waals surface area contributed by atoms with Crippen LogP contribution in [0.4, 0.5) is 15.8 Å². The molecule has 3 N–H and O–H groups in total. The Balaban J connectivity index is 2.38. The van der Waals surface area contributed by atoms with Gasteiger partial charge in [-0.25, -0.2) is 12.8 Å². The molecule has 5 nitrogen and oxygen atoms in total. The summed E-state index contributed by atoms with van der Waals surface area (Å²) in [5, 5.41) is 0. The van der Waals surface area contributed by atoms with Gasteiger partial charge in [-0.3, -0.25) is 9.71 Å². The van der Waals surface area contributed by atoms with Crippen LogP contribution in [0, 0.1) is 19.7 Å².